The number of allylic oxidation sites excluding steroid dienone is 6. The monoisotopic (exact) mass is 697 g/mol. The fourth-order valence-corrected chi connectivity index (χ4v) is 8.33. The third-order valence-electron chi connectivity index (χ3n) is 11.3. The summed E-state index contributed by atoms with van der Waals surface area (Å²) in [5.74, 6) is 2.49. The van der Waals surface area contributed by atoms with Crippen molar-refractivity contribution in [3.8, 4) is 33.9 Å². The zero-order chi connectivity index (χ0) is 36.0. The van der Waals surface area contributed by atoms with E-state index in [2.05, 4.69) is 153 Å². The van der Waals surface area contributed by atoms with Crippen LogP contribution in [0.3, 0.4) is 0 Å². The maximum Gasteiger partial charge on any atom is 0.164 e. The van der Waals surface area contributed by atoms with Gasteiger partial charge in [-0.25, -0.2) is 15.0 Å². The van der Waals surface area contributed by atoms with E-state index < -0.39 is 0 Å². The summed E-state index contributed by atoms with van der Waals surface area (Å²) < 4.78 is 6.70. The lowest BCUT2D eigenvalue weighted by Crippen LogP contribution is -2.10. The molecule has 0 N–H and O–H groups in total. The predicted molar refractivity (Wildman–Crippen MR) is 224 cm³/mol. The van der Waals surface area contributed by atoms with E-state index in [9.17, 15) is 0 Å². The number of nitrogens with zero attached hydrogens (tertiary/aromatic N) is 3. The standard InChI is InChI=1S/C50H39N3O/c1-32-11-5-8-16-41(32)49-51-48(38-28-25-37(26-29-38)36-23-21-35(22-24-36)33-12-3-2-4-13-33)52-50(53-49)44-19-10-20-45-46(44)43-18-9-17-42(47(43)54-45)40-30-27-34-14-6-7-15-39(34)31-40/h2-4,6-7,9-10,12-21,23,25-32H,5,8,11,22,24H2,1H3. The first-order chi connectivity index (χ1) is 26.7. The Kier molecular flexibility index (Phi) is 8.10. The van der Waals surface area contributed by atoms with Gasteiger partial charge < -0.3 is 4.42 Å². The third kappa shape index (κ3) is 5.85. The van der Waals surface area contributed by atoms with Gasteiger partial charge in [0.15, 0.2) is 17.5 Å². The second-order valence-electron chi connectivity index (χ2n) is 14.6. The van der Waals surface area contributed by atoms with Crippen LogP contribution in [0.1, 0.15) is 56.0 Å². The Morgan fingerprint density at radius 1 is 0.556 bits per heavy atom. The number of rotatable bonds is 6. The van der Waals surface area contributed by atoms with E-state index in [1.54, 1.807) is 0 Å². The zero-order valence-corrected chi connectivity index (χ0v) is 30.3. The lowest BCUT2D eigenvalue weighted by molar-refractivity contribution is 0.597. The van der Waals surface area contributed by atoms with Crippen LogP contribution < -0.4 is 0 Å². The van der Waals surface area contributed by atoms with E-state index in [4.69, 9.17) is 19.4 Å². The van der Waals surface area contributed by atoms with Gasteiger partial charge in [-0.05, 0) is 94.3 Å². The maximum atomic E-state index is 6.70. The van der Waals surface area contributed by atoms with Crippen molar-refractivity contribution in [3.63, 3.8) is 0 Å². The number of para-hydroxylation sites is 1. The molecule has 4 heteroatoms. The molecular weight excluding hydrogens is 659 g/mol. The zero-order valence-electron chi connectivity index (χ0n) is 30.3. The second kappa shape index (κ2) is 13.5. The molecule has 0 amide bonds. The molecule has 0 saturated heterocycles. The van der Waals surface area contributed by atoms with Crippen molar-refractivity contribution >= 4 is 49.4 Å². The Bertz CT molecular complexity index is 2800. The lowest BCUT2D eigenvalue weighted by atomic mass is 9.88. The fraction of sp³-hybridized carbons (Fsp3) is 0.140. The van der Waals surface area contributed by atoms with Crippen LogP contribution in [0.4, 0.5) is 0 Å². The minimum Gasteiger partial charge on any atom is -0.455 e. The molecule has 1 unspecified atom stereocenters. The molecule has 0 bridgehead atoms. The molecule has 2 aliphatic rings. The van der Waals surface area contributed by atoms with Crippen molar-refractivity contribution in [2.24, 2.45) is 5.92 Å². The van der Waals surface area contributed by atoms with Gasteiger partial charge in [0.1, 0.15) is 11.2 Å². The number of hydrogen-bond acceptors (Lipinski definition) is 4. The van der Waals surface area contributed by atoms with Crippen LogP contribution in [0.25, 0.3) is 83.3 Å². The van der Waals surface area contributed by atoms with Gasteiger partial charge in [0.2, 0.25) is 0 Å². The van der Waals surface area contributed by atoms with Crippen molar-refractivity contribution in [1.29, 1.82) is 0 Å². The Balaban J connectivity index is 1.07. The van der Waals surface area contributed by atoms with Crippen molar-refractivity contribution in [1.82, 2.24) is 15.0 Å². The Morgan fingerprint density at radius 3 is 2.02 bits per heavy atom. The summed E-state index contributed by atoms with van der Waals surface area (Å²) in [5.41, 5.74) is 12.3. The molecule has 2 heterocycles. The summed E-state index contributed by atoms with van der Waals surface area (Å²) in [7, 11) is 0. The molecule has 0 spiro atoms. The molecular formula is C50H39N3O. The van der Waals surface area contributed by atoms with Gasteiger partial charge in [0, 0.05) is 27.5 Å². The van der Waals surface area contributed by atoms with Crippen LogP contribution in [0.2, 0.25) is 0 Å². The topological polar surface area (TPSA) is 51.8 Å². The van der Waals surface area contributed by atoms with Crippen LogP contribution in [-0.2, 0) is 0 Å². The van der Waals surface area contributed by atoms with Crippen LogP contribution >= 0.6 is 0 Å². The van der Waals surface area contributed by atoms with Crippen LogP contribution in [-0.4, -0.2) is 15.0 Å². The third-order valence-corrected chi connectivity index (χ3v) is 11.3. The highest BCUT2D eigenvalue weighted by molar-refractivity contribution is 6.15. The summed E-state index contributed by atoms with van der Waals surface area (Å²) in [6.07, 6.45) is 12.3. The SMILES string of the molecule is CC1CCCC=C1c1nc(-c2ccc(C3=CC=C(c4ccccc4)CC3)cc2)nc(-c2cccc3oc4c(-c5ccc6ccccc6c5)cccc4c23)n1. The molecule has 10 rings (SSSR count). The quantitative estimate of drug-likeness (QED) is 0.174. The second-order valence-corrected chi connectivity index (χ2v) is 14.6. The highest BCUT2D eigenvalue weighted by atomic mass is 16.3. The average molecular weight is 698 g/mol. The molecule has 260 valence electrons. The maximum absolute atomic E-state index is 6.70. The Hall–Kier alpha value is -6.39. The highest BCUT2D eigenvalue weighted by Gasteiger charge is 2.23. The molecule has 1 atom stereocenters. The fourth-order valence-electron chi connectivity index (χ4n) is 8.33. The normalized spacial score (nSPS) is 16.0. The van der Waals surface area contributed by atoms with E-state index in [0.29, 0.717) is 17.6 Å². The van der Waals surface area contributed by atoms with E-state index in [0.717, 1.165) is 75.7 Å². The minimum atomic E-state index is 0.381. The Labute approximate surface area is 315 Å². The highest BCUT2D eigenvalue weighted by Crippen LogP contribution is 2.41. The van der Waals surface area contributed by atoms with Crippen LogP contribution in [0, 0.1) is 5.92 Å². The first-order valence-corrected chi connectivity index (χ1v) is 19.1. The van der Waals surface area contributed by atoms with Crippen LogP contribution in [0.5, 0.6) is 0 Å². The lowest BCUT2D eigenvalue weighted by Gasteiger charge is -2.20. The molecule has 2 aliphatic carbocycles. The molecule has 54 heavy (non-hydrogen) atoms. The molecule has 0 fully saturated rings. The number of aromatic nitrogens is 3. The molecule has 2 aromatic heterocycles. The van der Waals surface area contributed by atoms with Crippen molar-refractivity contribution < 1.29 is 4.42 Å². The van der Waals surface area contributed by atoms with Crippen LogP contribution in [0.15, 0.2) is 156 Å². The molecule has 0 radical (unpaired) electrons. The number of fused-ring (bicyclic) bond motifs is 4. The predicted octanol–water partition coefficient (Wildman–Crippen LogP) is 13.4. The summed E-state index contributed by atoms with van der Waals surface area (Å²) in [6, 6.07) is 47.2. The summed E-state index contributed by atoms with van der Waals surface area (Å²) >= 11 is 0. The minimum absolute atomic E-state index is 0.381. The molecule has 0 aliphatic heterocycles. The van der Waals surface area contributed by atoms with Gasteiger partial charge in [-0.3, -0.25) is 0 Å². The largest absolute Gasteiger partial charge is 0.455 e. The van der Waals surface area contributed by atoms with Gasteiger partial charge in [0.25, 0.3) is 0 Å². The van der Waals surface area contributed by atoms with Crippen molar-refractivity contribution in [3.05, 3.63) is 169 Å². The first-order valence-electron chi connectivity index (χ1n) is 19.1. The van der Waals surface area contributed by atoms with E-state index in [-0.39, 0.29) is 0 Å². The van der Waals surface area contributed by atoms with E-state index in [1.165, 1.54) is 45.0 Å². The van der Waals surface area contributed by atoms with E-state index in [1.807, 2.05) is 6.07 Å². The first kappa shape index (κ1) is 32.3. The molecule has 0 saturated carbocycles. The Morgan fingerprint density at radius 2 is 1.22 bits per heavy atom. The number of hydrogen-bond donors (Lipinski definition) is 0. The molecule has 8 aromatic rings. The number of furan rings is 1. The molecule has 4 nitrogen and oxygen atoms in total. The van der Waals surface area contributed by atoms with Gasteiger partial charge in [-0.2, -0.15) is 0 Å². The van der Waals surface area contributed by atoms with Gasteiger partial charge in [-0.1, -0.05) is 146 Å². The van der Waals surface area contributed by atoms with Crippen molar-refractivity contribution in [2.45, 2.75) is 39.0 Å². The molecule has 6 aromatic carbocycles. The van der Waals surface area contributed by atoms with E-state index >= 15 is 0 Å². The smallest absolute Gasteiger partial charge is 0.164 e. The van der Waals surface area contributed by atoms with Gasteiger partial charge in [-0.15, -0.1) is 0 Å². The summed E-state index contributed by atoms with van der Waals surface area (Å²) in [6.45, 7) is 2.29. The van der Waals surface area contributed by atoms with Gasteiger partial charge >= 0.3 is 0 Å². The van der Waals surface area contributed by atoms with Crippen molar-refractivity contribution in [2.75, 3.05) is 0 Å². The van der Waals surface area contributed by atoms with Gasteiger partial charge in [0.05, 0.1) is 0 Å². The summed E-state index contributed by atoms with van der Waals surface area (Å²) in [4.78, 5) is 15.6. The summed E-state index contributed by atoms with van der Waals surface area (Å²) in [5, 5.41) is 4.50. The number of benzene rings is 6. The average Bonchev–Trinajstić information content (AvgIpc) is 3.63.